The van der Waals surface area contributed by atoms with Crippen molar-refractivity contribution in [3.8, 4) is 11.5 Å². The molecule has 1 aliphatic heterocycles. The zero-order chi connectivity index (χ0) is 21.2. The number of benzene rings is 3. The van der Waals surface area contributed by atoms with Crippen LogP contribution >= 0.6 is 23.5 Å². The summed E-state index contributed by atoms with van der Waals surface area (Å²) in [6.45, 7) is 0.200. The van der Waals surface area contributed by atoms with E-state index in [-0.39, 0.29) is 6.79 Å². The standard InChI is InChI=1S/C24H20N2O3S2/c1-26-23(30-17-8-4-2-5-9-17)21(25-24(26)31-18-10-6-3-7-11-18)22(27)16-12-13-19-20(14-16)29-15-28-19/h2-14,22,27H,15H2,1H3. The van der Waals surface area contributed by atoms with Crippen molar-refractivity contribution in [3.05, 3.63) is 90.1 Å². The molecule has 1 aromatic heterocycles. The highest BCUT2D eigenvalue weighted by atomic mass is 32.2. The normalized spacial score (nSPS) is 13.4. The van der Waals surface area contributed by atoms with Gasteiger partial charge in [-0.15, -0.1) is 0 Å². The number of fused-ring (bicyclic) bond motifs is 1. The van der Waals surface area contributed by atoms with Crippen LogP contribution in [0.1, 0.15) is 17.4 Å². The first-order valence-electron chi connectivity index (χ1n) is 9.79. The van der Waals surface area contributed by atoms with Gasteiger partial charge in [0.2, 0.25) is 6.79 Å². The SMILES string of the molecule is Cn1c(Sc2ccccc2)nc(C(O)c2ccc3c(c2)OCO3)c1Sc1ccccc1. The summed E-state index contributed by atoms with van der Waals surface area (Å²) in [5.41, 5.74) is 1.34. The third-order valence-corrected chi connectivity index (χ3v) is 7.15. The monoisotopic (exact) mass is 448 g/mol. The van der Waals surface area contributed by atoms with E-state index in [0.29, 0.717) is 22.8 Å². The molecule has 1 N–H and O–H groups in total. The maximum absolute atomic E-state index is 11.3. The number of rotatable bonds is 6. The summed E-state index contributed by atoms with van der Waals surface area (Å²) in [4.78, 5) is 7.03. The van der Waals surface area contributed by atoms with E-state index < -0.39 is 6.10 Å². The van der Waals surface area contributed by atoms with Gasteiger partial charge < -0.3 is 19.1 Å². The molecular formula is C24H20N2O3S2. The van der Waals surface area contributed by atoms with Crippen molar-refractivity contribution in [1.29, 1.82) is 0 Å². The lowest BCUT2D eigenvalue weighted by Gasteiger charge is -2.12. The second kappa shape index (κ2) is 8.70. The molecule has 3 aromatic carbocycles. The molecule has 5 nitrogen and oxygen atoms in total. The Balaban J connectivity index is 1.54. The van der Waals surface area contributed by atoms with Crippen LogP contribution in [0, 0.1) is 0 Å². The second-order valence-corrected chi connectivity index (χ2v) is 9.09. The van der Waals surface area contributed by atoms with Crippen molar-refractivity contribution >= 4 is 23.5 Å². The van der Waals surface area contributed by atoms with E-state index in [1.807, 2.05) is 66.2 Å². The zero-order valence-electron chi connectivity index (χ0n) is 16.8. The molecule has 4 aromatic rings. The average Bonchev–Trinajstić information content (AvgIpc) is 3.40. The predicted octanol–water partition coefficient (Wildman–Crippen LogP) is 5.53. The van der Waals surface area contributed by atoms with Crippen LogP contribution in [0.15, 0.2) is 98.8 Å². The number of hydrogen-bond acceptors (Lipinski definition) is 6. The summed E-state index contributed by atoms with van der Waals surface area (Å²) >= 11 is 3.17. The number of aliphatic hydroxyl groups excluding tert-OH is 1. The summed E-state index contributed by atoms with van der Waals surface area (Å²) in [6, 6.07) is 25.7. The van der Waals surface area contributed by atoms with Crippen LogP contribution in [0.2, 0.25) is 0 Å². The third kappa shape index (κ3) is 4.17. The number of ether oxygens (including phenoxy) is 2. The molecule has 0 saturated heterocycles. The lowest BCUT2D eigenvalue weighted by molar-refractivity contribution is 0.173. The van der Waals surface area contributed by atoms with E-state index in [9.17, 15) is 5.11 Å². The van der Waals surface area contributed by atoms with Crippen molar-refractivity contribution in [2.45, 2.75) is 26.1 Å². The van der Waals surface area contributed by atoms with Gasteiger partial charge in [-0.25, -0.2) is 4.98 Å². The van der Waals surface area contributed by atoms with Gasteiger partial charge in [-0.1, -0.05) is 66.0 Å². The average molecular weight is 449 g/mol. The topological polar surface area (TPSA) is 56.5 Å². The van der Waals surface area contributed by atoms with Crippen molar-refractivity contribution in [2.75, 3.05) is 6.79 Å². The van der Waals surface area contributed by atoms with Gasteiger partial charge in [0.1, 0.15) is 16.8 Å². The first kappa shape index (κ1) is 20.1. The summed E-state index contributed by atoms with van der Waals surface area (Å²) in [7, 11) is 1.99. The van der Waals surface area contributed by atoms with Crippen molar-refractivity contribution in [3.63, 3.8) is 0 Å². The minimum atomic E-state index is -0.892. The molecule has 0 amide bonds. The molecule has 0 fully saturated rings. The summed E-state index contributed by atoms with van der Waals surface area (Å²) < 4.78 is 12.9. The molecule has 0 radical (unpaired) electrons. The van der Waals surface area contributed by atoms with Crippen LogP contribution in [-0.4, -0.2) is 21.5 Å². The second-order valence-electron chi connectivity index (χ2n) is 6.99. The highest BCUT2D eigenvalue weighted by molar-refractivity contribution is 8.00. The molecule has 2 heterocycles. The first-order chi connectivity index (χ1) is 15.2. The first-order valence-corrected chi connectivity index (χ1v) is 11.4. The Bertz CT molecular complexity index is 1200. The zero-order valence-corrected chi connectivity index (χ0v) is 18.4. The van der Waals surface area contributed by atoms with Gasteiger partial charge in [-0.3, -0.25) is 0 Å². The lowest BCUT2D eigenvalue weighted by Crippen LogP contribution is -2.03. The Labute approximate surface area is 189 Å². The van der Waals surface area contributed by atoms with E-state index in [1.165, 1.54) is 0 Å². The number of aromatic nitrogens is 2. The largest absolute Gasteiger partial charge is 0.454 e. The Kier molecular flexibility index (Phi) is 5.63. The molecule has 0 saturated carbocycles. The number of aliphatic hydroxyl groups is 1. The van der Waals surface area contributed by atoms with Gasteiger partial charge >= 0.3 is 0 Å². The minimum absolute atomic E-state index is 0.200. The van der Waals surface area contributed by atoms with Gasteiger partial charge in [0, 0.05) is 16.8 Å². The maximum atomic E-state index is 11.3. The quantitative estimate of drug-likeness (QED) is 0.418. The van der Waals surface area contributed by atoms with Crippen LogP contribution in [0.3, 0.4) is 0 Å². The summed E-state index contributed by atoms with van der Waals surface area (Å²) in [5, 5.41) is 13.0. The van der Waals surface area contributed by atoms with E-state index in [4.69, 9.17) is 14.5 Å². The van der Waals surface area contributed by atoms with Gasteiger partial charge in [0.25, 0.3) is 0 Å². The highest BCUT2D eigenvalue weighted by Crippen LogP contribution is 2.41. The lowest BCUT2D eigenvalue weighted by atomic mass is 10.1. The molecule has 0 aliphatic carbocycles. The molecule has 0 spiro atoms. The van der Waals surface area contributed by atoms with Crippen molar-refractivity contribution in [2.24, 2.45) is 7.05 Å². The predicted molar refractivity (Wildman–Crippen MR) is 121 cm³/mol. The highest BCUT2D eigenvalue weighted by Gasteiger charge is 2.25. The van der Waals surface area contributed by atoms with Crippen LogP contribution in [0.5, 0.6) is 11.5 Å². The minimum Gasteiger partial charge on any atom is -0.454 e. The van der Waals surface area contributed by atoms with Gasteiger partial charge in [-0.05, 0) is 42.0 Å². The maximum Gasteiger partial charge on any atom is 0.231 e. The smallest absolute Gasteiger partial charge is 0.231 e. The molecule has 1 unspecified atom stereocenters. The van der Waals surface area contributed by atoms with Crippen LogP contribution in [0.25, 0.3) is 0 Å². The fraction of sp³-hybridized carbons (Fsp3) is 0.125. The van der Waals surface area contributed by atoms with E-state index in [2.05, 4.69) is 24.3 Å². The van der Waals surface area contributed by atoms with Gasteiger partial charge in [0.15, 0.2) is 16.7 Å². The van der Waals surface area contributed by atoms with Crippen LogP contribution < -0.4 is 9.47 Å². The molecule has 31 heavy (non-hydrogen) atoms. The van der Waals surface area contributed by atoms with Crippen LogP contribution in [-0.2, 0) is 7.05 Å². The Morgan fingerprint density at radius 3 is 2.23 bits per heavy atom. The van der Waals surface area contributed by atoms with Crippen molar-refractivity contribution < 1.29 is 14.6 Å². The number of nitrogens with zero attached hydrogens (tertiary/aromatic N) is 2. The molecular weight excluding hydrogens is 428 g/mol. The molecule has 1 aliphatic rings. The molecule has 156 valence electrons. The third-order valence-electron chi connectivity index (χ3n) is 4.91. The Morgan fingerprint density at radius 2 is 1.52 bits per heavy atom. The number of hydrogen-bond donors (Lipinski definition) is 1. The van der Waals surface area contributed by atoms with Crippen LogP contribution in [0.4, 0.5) is 0 Å². The fourth-order valence-corrected chi connectivity index (χ4v) is 5.25. The Morgan fingerprint density at radius 1 is 0.871 bits per heavy atom. The van der Waals surface area contributed by atoms with Crippen molar-refractivity contribution in [1.82, 2.24) is 9.55 Å². The van der Waals surface area contributed by atoms with E-state index in [0.717, 1.165) is 20.0 Å². The summed E-state index contributed by atoms with van der Waals surface area (Å²) in [6.07, 6.45) is -0.892. The molecule has 5 rings (SSSR count). The summed E-state index contributed by atoms with van der Waals surface area (Å²) in [5.74, 6) is 1.33. The van der Waals surface area contributed by atoms with Gasteiger partial charge in [-0.2, -0.15) is 0 Å². The van der Waals surface area contributed by atoms with E-state index in [1.54, 1.807) is 23.5 Å². The fourth-order valence-electron chi connectivity index (χ4n) is 3.31. The number of imidazole rings is 1. The molecule has 0 bridgehead atoms. The molecule has 1 atom stereocenters. The Hall–Kier alpha value is -2.87. The van der Waals surface area contributed by atoms with Gasteiger partial charge in [0.05, 0.1) is 0 Å². The molecule has 7 heteroatoms. The van der Waals surface area contributed by atoms with E-state index >= 15 is 0 Å².